The van der Waals surface area contributed by atoms with Gasteiger partial charge in [-0.1, -0.05) is 24.3 Å². The number of hydrogen-bond acceptors (Lipinski definition) is 4. The molecule has 7 heteroatoms. The molecule has 146 valence electrons. The van der Waals surface area contributed by atoms with Gasteiger partial charge in [-0.2, -0.15) is 0 Å². The number of halogens is 1. The average Bonchev–Trinajstić information content (AvgIpc) is 3.11. The molecule has 0 radical (unpaired) electrons. The van der Waals surface area contributed by atoms with Gasteiger partial charge in [-0.25, -0.2) is 9.37 Å². The Hall–Kier alpha value is -2.77. The zero-order chi connectivity index (χ0) is 19.3. The van der Waals surface area contributed by atoms with Crippen molar-refractivity contribution in [1.82, 2.24) is 25.1 Å². The zero-order valence-corrected chi connectivity index (χ0v) is 15.7. The van der Waals surface area contributed by atoms with Crippen LogP contribution < -0.4 is 5.32 Å². The second-order valence-corrected chi connectivity index (χ2v) is 7.16. The van der Waals surface area contributed by atoms with Crippen LogP contribution in [-0.4, -0.2) is 58.4 Å². The van der Waals surface area contributed by atoms with Crippen LogP contribution in [0.2, 0.25) is 0 Å². The molecule has 6 nitrogen and oxygen atoms in total. The monoisotopic (exact) mass is 381 g/mol. The number of benzene rings is 2. The summed E-state index contributed by atoms with van der Waals surface area (Å²) in [4.78, 5) is 24.7. The summed E-state index contributed by atoms with van der Waals surface area (Å²) >= 11 is 0. The molecule has 0 spiro atoms. The fourth-order valence-corrected chi connectivity index (χ4v) is 3.46. The van der Waals surface area contributed by atoms with Gasteiger partial charge in [0.2, 0.25) is 5.91 Å². The van der Waals surface area contributed by atoms with E-state index in [9.17, 15) is 9.18 Å². The van der Waals surface area contributed by atoms with Crippen molar-refractivity contribution in [2.75, 3.05) is 32.7 Å². The third-order valence-electron chi connectivity index (χ3n) is 5.05. The molecule has 1 fully saturated rings. The first-order chi connectivity index (χ1) is 13.7. The van der Waals surface area contributed by atoms with Crippen LogP contribution in [0.1, 0.15) is 11.4 Å². The summed E-state index contributed by atoms with van der Waals surface area (Å²) in [5.74, 6) is 0.706. The van der Waals surface area contributed by atoms with Crippen LogP contribution in [0.5, 0.6) is 0 Å². The van der Waals surface area contributed by atoms with Crippen molar-refractivity contribution < 1.29 is 9.18 Å². The second kappa shape index (κ2) is 8.50. The molecule has 1 saturated heterocycles. The van der Waals surface area contributed by atoms with Gasteiger partial charge in [0.05, 0.1) is 24.1 Å². The topological polar surface area (TPSA) is 64.3 Å². The molecular formula is C21H24FN5O. The van der Waals surface area contributed by atoms with Gasteiger partial charge in [-0.15, -0.1) is 0 Å². The molecule has 4 rings (SSSR count). The van der Waals surface area contributed by atoms with Crippen LogP contribution in [0.3, 0.4) is 0 Å². The first-order valence-corrected chi connectivity index (χ1v) is 9.55. The summed E-state index contributed by atoms with van der Waals surface area (Å²) in [7, 11) is 0. The summed E-state index contributed by atoms with van der Waals surface area (Å²) in [5, 5.41) is 2.90. The van der Waals surface area contributed by atoms with E-state index in [0.29, 0.717) is 13.1 Å². The van der Waals surface area contributed by atoms with Crippen molar-refractivity contribution >= 4 is 16.9 Å². The van der Waals surface area contributed by atoms with E-state index in [4.69, 9.17) is 0 Å². The van der Waals surface area contributed by atoms with E-state index in [-0.39, 0.29) is 11.7 Å². The van der Waals surface area contributed by atoms with Gasteiger partial charge in [-0.3, -0.25) is 14.6 Å². The van der Waals surface area contributed by atoms with E-state index in [1.165, 1.54) is 12.1 Å². The van der Waals surface area contributed by atoms with E-state index >= 15 is 0 Å². The number of imidazole rings is 1. The summed E-state index contributed by atoms with van der Waals surface area (Å²) in [6, 6.07) is 14.2. The highest BCUT2D eigenvalue weighted by Crippen LogP contribution is 2.13. The molecule has 0 unspecified atom stereocenters. The highest BCUT2D eigenvalue weighted by atomic mass is 19.1. The Morgan fingerprint density at radius 2 is 1.75 bits per heavy atom. The van der Waals surface area contributed by atoms with Crippen molar-refractivity contribution in [3.05, 3.63) is 65.7 Å². The highest BCUT2D eigenvalue weighted by molar-refractivity contribution is 5.78. The molecule has 2 N–H and O–H groups in total. The van der Waals surface area contributed by atoms with Crippen LogP contribution in [0.25, 0.3) is 11.0 Å². The number of para-hydroxylation sites is 2. The number of fused-ring (bicyclic) bond motifs is 1. The fraction of sp³-hybridized carbons (Fsp3) is 0.333. The minimum atomic E-state index is -0.268. The second-order valence-electron chi connectivity index (χ2n) is 7.16. The maximum atomic E-state index is 12.9. The lowest BCUT2D eigenvalue weighted by Crippen LogP contribution is -2.49. The number of amides is 1. The average molecular weight is 381 g/mol. The van der Waals surface area contributed by atoms with Gasteiger partial charge in [0.25, 0.3) is 0 Å². The van der Waals surface area contributed by atoms with Crippen molar-refractivity contribution in [2.24, 2.45) is 0 Å². The number of aromatic amines is 1. The van der Waals surface area contributed by atoms with Crippen molar-refractivity contribution in [3.63, 3.8) is 0 Å². The Kier molecular flexibility index (Phi) is 5.64. The molecule has 0 bridgehead atoms. The van der Waals surface area contributed by atoms with Gasteiger partial charge >= 0.3 is 0 Å². The summed E-state index contributed by atoms with van der Waals surface area (Å²) < 4.78 is 12.9. The number of rotatable bonds is 6. The minimum Gasteiger partial charge on any atom is -0.351 e. The van der Waals surface area contributed by atoms with Crippen molar-refractivity contribution in [2.45, 2.75) is 13.1 Å². The molecule has 0 atom stereocenters. The Morgan fingerprint density at radius 3 is 2.50 bits per heavy atom. The van der Waals surface area contributed by atoms with Crippen LogP contribution in [0.4, 0.5) is 4.39 Å². The minimum absolute atomic E-state index is 0.00457. The summed E-state index contributed by atoms with van der Waals surface area (Å²) in [5.41, 5.74) is 2.95. The lowest BCUT2D eigenvalue weighted by Gasteiger charge is -2.33. The molecule has 1 aromatic heterocycles. The van der Waals surface area contributed by atoms with Crippen LogP contribution in [0, 0.1) is 5.82 Å². The highest BCUT2D eigenvalue weighted by Gasteiger charge is 2.19. The van der Waals surface area contributed by atoms with Gasteiger partial charge in [0.1, 0.15) is 11.6 Å². The molecule has 2 heterocycles. The first kappa shape index (κ1) is 18.6. The molecule has 1 aliphatic heterocycles. The fourth-order valence-electron chi connectivity index (χ4n) is 3.46. The number of nitrogens with zero attached hydrogens (tertiary/aromatic N) is 3. The molecule has 3 aromatic rings. The van der Waals surface area contributed by atoms with Gasteiger partial charge in [0, 0.05) is 32.7 Å². The number of nitrogens with one attached hydrogen (secondary N) is 2. The molecular weight excluding hydrogens is 357 g/mol. The zero-order valence-electron chi connectivity index (χ0n) is 15.7. The van der Waals surface area contributed by atoms with Gasteiger partial charge in [0.15, 0.2) is 0 Å². The Morgan fingerprint density at radius 1 is 1.04 bits per heavy atom. The molecule has 1 aliphatic rings. The largest absolute Gasteiger partial charge is 0.351 e. The number of carbonyl (C=O) groups is 1. The maximum absolute atomic E-state index is 12.9. The lowest BCUT2D eigenvalue weighted by atomic mass is 10.2. The normalized spacial score (nSPS) is 15.8. The molecule has 1 amide bonds. The number of H-pyrrole nitrogens is 1. The predicted octanol–water partition coefficient (Wildman–Crippen LogP) is 2.14. The SMILES string of the molecule is O=C(CN1CCN(Cc2nc3ccccc3[nH]2)CC1)NCc1ccc(F)cc1. The van der Waals surface area contributed by atoms with Crippen LogP contribution in [0.15, 0.2) is 48.5 Å². The number of carbonyl (C=O) groups excluding carboxylic acids is 1. The summed E-state index contributed by atoms with van der Waals surface area (Å²) in [6.45, 7) is 5.11. The van der Waals surface area contributed by atoms with Crippen molar-refractivity contribution in [3.8, 4) is 0 Å². The van der Waals surface area contributed by atoms with E-state index in [1.54, 1.807) is 12.1 Å². The third kappa shape index (κ3) is 4.74. The molecule has 2 aromatic carbocycles. The van der Waals surface area contributed by atoms with Crippen molar-refractivity contribution in [1.29, 1.82) is 0 Å². The van der Waals surface area contributed by atoms with E-state index in [1.807, 2.05) is 24.3 Å². The Balaban J connectivity index is 1.20. The molecule has 28 heavy (non-hydrogen) atoms. The van der Waals surface area contributed by atoms with Crippen LogP contribution in [-0.2, 0) is 17.9 Å². The van der Waals surface area contributed by atoms with Gasteiger partial charge in [-0.05, 0) is 29.8 Å². The van der Waals surface area contributed by atoms with E-state index in [2.05, 4.69) is 25.1 Å². The van der Waals surface area contributed by atoms with E-state index < -0.39 is 0 Å². The predicted molar refractivity (Wildman–Crippen MR) is 106 cm³/mol. The maximum Gasteiger partial charge on any atom is 0.234 e. The molecule has 0 aliphatic carbocycles. The van der Waals surface area contributed by atoms with E-state index in [0.717, 1.165) is 55.1 Å². The Labute approximate surface area is 163 Å². The smallest absolute Gasteiger partial charge is 0.234 e. The number of hydrogen-bond donors (Lipinski definition) is 2. The standard InChI is InChI=1S/C21H24FN5O/c22-17-7-5-16(6-8-17)13-23-21(28)15-27-11-9-26(10-12-27)14-20-24-18-3-1-2-4-19(18)25-20/h1-8H,9-15H2,(H,23,28)(H,24,25). The molecule has 0 saturated carbocycles. The van der Waals surface area contributed by atoms with Gasteiger partial charge < -0.3 is 10.3 Å². The quantitative estimate of drug-likeness (QED) is 0.687. The Bertz CT molecular complexity index is 898. The number of piperazine rings is 1. The third-order valence-corrected chi connectivity index (χ3v) is 5.05. The summed E-state index contributed by atoms with van der Waals surface area (Å²) in [6.07, 6.45) is 0. The lowest BCUT2D eigenvalue weighted by molar-refractivity contribution is -0.122. The van der Waals surface area contributed by atoms with Crippen LogP contribution >= 0.6 is 0 Å². The first-order valence-electron chi connectivity index (χ1n) is 9.55. The number of aromatic nitrogens is 2.